The molecule has 0 saturated carbocycles. The summed E-state index contributed by atoms with van der Waals surface area (Å²) in [7, 11) is 1.46. The summed E-state index contributed by atoms with van der Waals surface area (Å²) < 4.78 is 0. The number of likely N-dealkylation sites (N-methyl/N-ethyl adjacent to an activating group) is 1. The second kappa shape index (κ2) is 7.15. The van der Waals surface area contributed by atoms with Crippen molar-refractivity contribution in [1.82, 2.24) is 10.2 Å². The zero-order valence-corrected chi connectivity index (χ0v) is 12.7. The van der Waals surface area contributed by atoms with Gasteiger partial charge in [0, 0.05) is 25.6 Å². The minimum Gasteiger partial charge on any atom is -0.396 e. The minimum atomic E-state index is -0.762. The summed E-state index contributed by atoms with van der Waals surface area (Å²) in [6.45, 7) is -0.162. The lowest BCUT2D eigenvalue weighted by atomic mass is 9.96. The average Bonchev–Trinajstić information content (AvgIpc) is 2.53. The second-order valence-corrected chi connectivity index (χ2v) is 5.36. The molecule has 1 aliphatic heterocycles. The van der Waals surface area contributed by atoms with Gasteiger partial charge >= 0.3 is 0 Å². The zero-order valence-electron chi connectivity index (χ0n) is 12.7. The normalized spacial score (nSPS) is 17.6. The van der Waals surface area contributed by atoms with Crippen LogP contribution in [-0.2, 0) is 16.0 Å². The highest BCUT2D eigenvalue weighted by atomic mass is 16.3. The fraction of sp³-hybridized carbons (Fsp3) is 0.375. The Morgan fingerprint density at radius 3 is 2.78 bits per heavy atom. The van der Waals surface area contributed by atoms with Crippen molar-refractivity contribution >= 4 is 24.0 Å². The molecule has 1 aliphatic rings. The third-order valence-electron chi connectivity index (χ3n) is 3.90. The largest absolute Gasteiger partial charge is 0.396 e. The van der Waals surface area contributed by atoms with Gasteiger partial charge in [0.05, 0.1) is 5.56 Å². The molecule has 1 atom stereocenters. The zero-order chi connectivity index (χ0) is 17.0. The van der Waals surface area contributed by atoms with Crippen LogP contribution in [0.4, 0.5) is 0 Å². The fourth-order valence-electron chi connectivity index (χ4n) is 2.68. The van der Waals surface area contributed by atoms with E-state index in [9.17, 15) is 19.2 Å². The van der Waals surface area contributed by atoms with Crippen LogP contribution in [0.5, 0.6) is 0 Å². The molecule has 2 N–H and O–H groups in total. The lowest BCUT2D eigenvalue weighted by Gasteiger charge is -2.30. The highest BCUT2D eigenvalue weighted by Gasteiger charge is 2.33. The number of carbonyl (C=O) groups is 4. The third kappa shape index (κ3) is 3.45. The van der Waals surface area contributed by atoms with E-state index in [1.807, 2.05) is 0 Å². The van der Waals surface area contributed by atoms with Gasteiger partial charge in [-0.25, -0.2) is 0 Å². The van der Waals surface area contributed by atoms with Crippen molar-refractivity contribution in [2.45, 2.75) is 25.3 Å². The summed E-state index contributed by atoms with van der Waals surface area (Å²) in [6, 6.07) is 4.05. The van der Waals surface area contributed by atoms with Gasteiger partial charge in [-0.1, -0.05) is 18.2 Å². The predicted octanol–water partition coefficient (Wildman–Crippen LogP) is -0.0889. The molecule has 1 aromatic rings. The van der Waals surface area contributed by atoms with Crippen LogP contribution < -0.4 is 5.32 Å². The number of aliphatic hydroxyl groups is 1. The first kappa shape index (κ1) is 16.8. The van der Waals surface area contributed by atoms with Crippen molar-refractivity contribution < 1.29 is 24.3 Å². The number of amides is 3. The fourth-order valence-corrected chi connectivity index (χ4v) is 2.68. The number of aliphatic hydroxyl groups excluding tert-OH is 1. The molecular formula is C16H18N2O5. The Balaban J connectivity index is 2.34. The first-order chi connectivity index (χ1) is 11.0. The lowest BCUT2D eigenvalue weighted by Crippen LogP contribution is -2.53. The Morgan fingerprint density at radius 2 is 2.17 bits per heavy atom. The quantitative estimate of drug-likeness (QED) is 0.583. The molecule has 1 fully saturated rings. The van der Waals surface area contributed by atoms with Crippen molar-refractivity contribution in [2.75, 3.05) is 13.7 Å². The van der Waals surface area contributed by atoms with Crippen LogP contribution in [0.25, 0.3) is 0 Å². The maximum absolute atomic E-state index is 12.8. The molecule has 122 valence electrons. The maximum atomic E-state index is 12.8. The summed E-state index contributed by atoms with van der Waals surface area (Å²) >= 11 is 0. The van der Waals surface area contributed by atoms with E-state index < -0.39 is 17.9 Å². The van der Waals surface area contributed by atoms with E-state index >= 15 is 0 Å². The number of nitrogens with zero attached hydrogens (tertiary/aromatic N) is 1. The van der Waals surface area contributed by atoms with Crippen molar-refractivity contribution in [3.63, 3.8) is 0 Å². The first-order valence-electron chi connectivity index (χ1n) is 7.28. The molecule has 7 nitrogen and oxygen atoms in total. The average molecular weight is 318 g/mol. The summed E-state index contributed by atoms with van der Waals surface area (Å²) in [6.07, 6.45) is 1.21. The highest BCUT2D eigenvalue weighted by molar-refractivity contribution is 6.06. The molecule has 0 bridgehead atoms. The molecule has 0 aliphatic carbocycles. The third-order valence-corrected chi connectivity index (χ3v) is 3.90. The molecular weight excluding hydrogens is 300 g/mol. The van der Waals surface area contributed by atoms with Gasteiger partial charge in [0.15, 0.2) is 6.29 Å². The number of hydrogen-bond donors (Lipinski definition) is 2. The van der Waals surface area contributed by atoms with Crippen LogP contribution in [0.15, 0.2) is 18.2 Å². The van der Waals surface area contributed by atoms with Gasteiger partial charge in [0.2, 0.25) is 11.8 Å². The monoisotopic (exact) mass is 318 g/mol. The van der Waals surface area contributed by atoms with E-state index in [1.165, 1.54) is 18.0 Å². The van der Waals surface area contributed by atoms with Crippen molar-refractivity contribution in [3.8, 4) is 0 Å². The van der Waals surface area contributed by atoms with Crippen LogP contribution >= 0.6 is 0 Å². The van der Waals surface area contributed by atoms with Crippen molar-refractivity contribution in [2.24, 2.45) is 0 Å². The molecule has 1 aromatic carbocycles. The summed E-state index contributed by atoms with van der Waals surface area (Å²) in [5, 5.41) is 11.3. The van der Waals surface area contributed by atoms with Gasteiger partial charge in [0.25, 0.3) is 5.91 Å². The summed E-state index contributed by atoms with van der Waals surface area (Å²) in [5.74, 6) is -1.36. The molecule has 3 amide bonds. The van der Waals surface area contributed by atoms with Gasteiger partial charge in [-0.2, -0.15) is 0 Å². The van der Waals surface area contributed by atoms with Crippen molar-refractivity contribution in [3.05, 3.63) is 34.9 Å². The van der Waals surface area contributed by atoms with Crippen LogP contribution in [0.1, 0.15) is 39.1 Å². The number of imide groups is 1. The molecule has 23 heavy (non-hydrogen) atoms. The number of rotatable bonds is 5. The summed E-state index contributed by atoms with van der Waals surface area (Å²) in [5.41, 5.74) is 0.935. The second-order valence-electron chi connectivity index (χ2n) is 5.36. The predicted molar refractivity (Wildman–Crippen MR) is 80.9 cm³/mol. The molecule has 7 heteroatoms. The van der Waals surface area contributed by atoms with E-state index in [0.29, 0.717) is 11.8 Å². The van der Waals surface area contributed by atoms with Crippen molar-refractivity contribution in [1.29, 1.82) is 0 Å². The molecule has 2 rings (SSSR count). The number of piperidine rings is 1. The Bertz CT molecular complexity index is 656. The van der Waals surface area contributed by atoms with E-state index in [-0.39, 0.29) is 42.9 Å². The van der Waals surface area contributed by atoms with Crippen LogP contribution in [0, 0.1) is 0 Å². The molecule has 0 aromatic heterocycles. The molecule has 1 unspecified atom stereocenters. The summed E-state index contributed by atoms with van der Waals surface area (Å²) in [4.78, 5) is 48.4. The topological polar surface area (TPSA) is 104 Å². The Hall–Kier alpha value is -2.54. The number of carbonyl (C=O) groups excluding carboxylic acids is 4. The smallest absolute Gasteiger partial charge is 0.255 e. The SMILES string of the molecule is CN(C(=O)c1c(C=O)cccc1CCO)C1CCC(=O)NC1=O. The van der Waals surface area contributed by atoms with Gasteiger partial charge in [-0.15, -0.1) is 0 Å². The van der Waals surface area contributed by atoms with E-state index in [4.69, 9.17) is 5.11 Å². The number of aldehydes is 1. The first-order valence-corrected chi connectivity index (χ1v) is 7.28. The molecule has 1 saturated heterocycles. The van der Waals surface area contributed by atoms with Crippen LogP contribution in [0.3, 0.4) is 0 Å². The highest BCUT2D eigenvalue weighted by Crippen LogP contribution is 2.20. The lowest BCUT2D eigenvalue weighted by molar-refractivity contribution is -0.136. The van der Waals surface area contributed by atoms with Gasteiger partial charge in [0.1, 0.15) is 6.04 Å². The van der Waals surface area contributed by atoms with E-state index in [0.717, 1.165) is 0 Å². The standard InChI is InChI=1S/C16H18N2O5/c1-18(12-5-6-13(21)17-15(12)22)16(23)14-10(7-8-19)3-2-4-11(14)9-20/h2-4,9,12,19H,5-8H2,1H3,(H,17,21,22). The van der Waals surface area contributed by atoms with Gasteiger partial charge in [-0.05, 0) is 18.4 Å². The van der Waals surface area contributed by atoms with Gasteiger partial charge in [-0.3, -0.25) is 24.5 Å². The van der Waals surface area contributed by atoms with Gasteiger partial charge < -0.3 is 10.0 Å². The van der Waals surface area contributed by atoms with E-state index in [1.54, 1.807) is 12.1 Å². The number of hydrogen-bond acceptors (Lipinski definition) is 5. The van der Waals surface area contributed by atoms with Crippen LogP contribution in [0.2, 0.25) is 0 Å². The molecule has 1 heterocycles. The van der Waals surface area contributed by atoms with E-state index in [2.05, 4.69) is 5.32 Å². The molecule has 0 radical (unpaired) electrons. The molecule has 0 spiro atoms. The Kier molecular flexibility index (Phi) is 5.23. The number of benzene rings is 1. The Labute approximate surface area is 133 Å². The van der Waals surface area contributed by atoms with Crippen LogP contribution in [-0.4, -0.2) is 53.7 Å². The minimum absolute atomic E-state index is 0.160. The number of nitrogens with one attached hydrogen (secondary N) is 1. The Morgan fingerprint density at radius 1 is 1.43 bits per heavy atom. The maximum Gasteiger partial charge on any atom is 0.255 e.